The molecule has 0 fully saturated rings. The topological polar surface area (TPSA) is 58.3 Å². The molecule has 2 heterocycles. The number of fused-ring (bicyclic) bond motifs is 1. The van der Waals surface area contributed by atoms with Crippen LogP contribution in [0, 0.1) is 0 Å². The first-order valence-electron chi connectivity index (χ1n) is 7.61. The van der Waals surface area contributed by atoms with Gasteiger partial charge >= 0.3 is 0 Å². The standard InChI is InChI=1S/C18H19ClN2O2/c1-12(8-16(22)17-5-3-7-23-17)21-11-14-10-15(19)9-13-4-2-6-20-18(13)14/h2-7,9-10,12,16,21-22H,8,11H2,1H3. The van der Waals surface area contributed by atoms with E-state index in [9.17, 15) is 5.11 Å². The van der Waals surface area contributed by atoms with Crippen molar-refractivity contribution in [2.75, 3.05) is 0 Å². The summed E-state index contributed by atoms with van der Waals surface area (Å²) in [6.07, 6.45) is 3.31. The molecule has 0 saturated carbocycles. The third-order valence-corrected chi connectivity index (χ3v) is 4.06. The summed E-state index contributed by atoms with van der Waals surface area (Å²) in [6.45, 7) is 2.67. The lowest BCUT2D eigenvalue weighted by Crippen LogP contribution is -2.27. The molecule has 0 saturated heterocycles. The number of aliphatic hydroxyl groups excluding tert-OH is 1. The average Bonchev–Trinajstić information content (AvgIpc) is 3.07. The zero-order chi connectivity index (χ0) is 16.2. The number of nitrogens with zero attached hydrogens (tertiary/aromatic N) is 1. The second-order valence-corrected chi connectivity index (χ2v) is 6.13. The van der Waals surface area contributed by atoms with Crippen LogP contribution in [0.2, 0.25) is 5.02 Å². The van der Waals surface area contributed by atoms with Crippen LogP contribution in [0.15, 0.2) is 53.3 Å². The van der Waals surface area contributed by atoms with E-state index in [-0.39, 0.29) is 6.04 Å². The number of aromatic nitrogens is 1. The number of hydrogen-bond donors (Lipinski definition) is 2. The van der Waals surface area contributed by atoms with Gasteiger partial charge in [0.05, 0.1) is 11.8 Å². The molecule has 0 amide bonds. The maximum absolute atomic E-state index is 10.1. The quantitative estimate of drug-likeness (QED) is 0.715. The minimum atomic E-state index is -0.610. The summed E-state index contributed by atoms with van der Waals surface area (Å²) >= 11 is 6.18. The number of halogens is 1. The Morgan fingerprint density at radius 3 is 2.96 bits per heavy atom. The molecule has 0 radical (unpaired) electrons. The molecule has 5 heteroatoms. The lowest BCUT2D eigenvalue weighted by Gasteiger charge is -2.17. The van der Waals surface area contributed by atoms with Crippen LogP contribution in [0.25, 0.3) is 10.9 Å². The smallest absolute Gasteiger partial charge is 0.132 e. The summed E-state index contributed by atoms with van der Waals surface area (Å²) in [7, 11) is 0. The molecule has 4 nitrogen and oxygen atoms in total. The zero-order valence-corrected chi connectivity index (χ0v) is 13.6. The Balaban J connectivity index is 1.66. The van der Waals surface area contributed by atoms with Gasteiger partial charge in [-0.3, -0.25) is 4.98 Å². The first-order chi connectivity index (χ1) is 11.1. The van der Waals surface area contributed by atoms with E-state index in [1.54, 1.807) is 24.6 Å². The van der Waals surface area contributed by atoms with Gasteiger partial charge < -0.3 is 14.8 Å². The Morgan fingerprint density at radius 2 is 2.17 bits per heavy atom. The molecule has 1 aromatic carbocycles. The Hall–Kier alpha value is -1.88. The minimum Gasteiger partial charge on any atom is -0.467 e. The zero-order valence-electron chi connectivity index (χ0n) is 12.9. The first-order valence-corrected chi connectivity index (χ1v) is 7.99. The molecule has 2 N–H and O–H groups in total. The highest BCUT2D eigenvalue weighted by Crippen LogP contribution is 2.23. The van der Waals surface area contributed by atoms with Crippen molar-refractivity contribution in [2.24, 2.45) is 0 Å². The van der Waals surface area contributed by atoms with Crippen molar-refractivity contribution in [2.45, 2.75) is 32.0 Å². The van der Waals surface area contributed by atoms with E-state index >= 15 is 0 Å². The summed E-state index contributed by atoms with van der Waals surface area (Å²) in [5.41, 5.74) is 2.00. The lowest BCUT2D eigenvalue weighted by molar-refractivity contribution is 0.128. The molecule has 0 aliphatic heterocycles. The second kappa shape index (κ2) is 7.13. The van der Waals surface area contributed by atoms with Gasteiger partial charge in [0, 0.05) is 29.2 Å². The molecule has 2 atom stereocenters. The summed E-state index contributed by atoms with van der Waals surface area (Å²) < 4.78 is 5.23. The number of hydrogen-bond acceptors (Lipinski definition) is 4. The highest BCUT2D eigenvalue weighted by atomic mass is 35.5. The monoisotopic (exact) mass is 330 g/mol. The van der Waals surface area contributed by atoms with Gasteiger partial charge in [-0.15, -0.1) is 0 Å². The number of furan rings is 1. The van der Waals surface area contributed by atoms with Crippen LogP contribution in [0.1, 0.15) is 30.8 Å². The highest BCUT2D eigenvalue weighted by Gasteiger charge is 2.15. The fourth-order valence-electron chi connectivity index (χ4n) is 2.66. The van der Waals surface area contributed by atoms with Crippen LogP contribution in [-0.2, 0) is 6.54 Å². The summed E-state index contributed by atoms with van der Waals surface area (Å²) in [6, 6.07) is 11.4. The fourth-order valence-corrected chi connectivity index (χ4v) is 2.91. The van der Waals surface area contributed by atoms with E-state index in [0.717, 1.165) is 16.5 Å². The summed E-state index contributed by atoms with van der Waals surface area (Å²) in [4.78, 5) is 4.44. The van der Waals surface area contributed by atoms with Crippen molar-refractivity contribution < 1.29 is 9.52 Å². The largest absolute Gasteiger partial charge is 0.467 e. The summed E-state index contributed by atoms with van der Waals surface area (Å²) in [5.74, 6) is 0.591. The van der Waals surface area contributed by atoms with Gasteiger partial charge in [-0.25, -0.2) is 0 Å². The Kier molecular flexibility index (Phi) is 4.96. The van der Waals surface area contributed by atoms with E-state index in [1.807, 2.05) is 31.2 Å². The van der Waals surface area contributed by atoms with Crippen LogP contribution in [0.3, 0.4) is 0 Å². The van der Waals surface area contributed by atoms with Crippen molar-refractivity contribution >= 4 is 22.5 Å². The SMILES string of the molecule is CC(CC(O)c1ccco1)NCc1cc(Cl)cc2cccnc12. The third kappa shape index (κ3) is 3.91. The molecular formula is C18H19ClN2O2. The molecule has 23 heavy (non-hydrogen) atoms. The number of pyridine rings is 1. The Bertz CT molecular complexity index is 774. The van der Waals surface area contributed by atoms with E-state index < -0.39 is 6.10 Å². The molecule has 0 bridgehead atoms. The second-order valence-electron chi connectivity index (χ2n) is 5.69. The molecule has 0 aliphatic carbocycles. The van der Waals surface area contributed by atoms with Crippen molar-refractivity contribution in [1.29, 1.82) is 0 Å². The van der Waals surface area contributed by atoms with E-state index in [0.29, 0.717) is 23.7 Å². The van der Waals surface area contributed by atoms with Crippen LogP contribution >= 0.6 is 11.6 Å². The molecule has 2 aromatic heterocycles. The maximum Gasteiger partial charge on any atom is 0.132 e. The lowest BCUT2D eigenvalue weighted by atomic mass is 10.1. The highest BCUT2D eigenvalue weighted by molar-refractivity contribution is 6.31. The van der Waals surface area contributed by atoms with Gasteiger partial charge in [-0.2, -0.15) is 0 Å². The number of nitrogens with one attached hydrogen (secondary N) is 1. The van der Waals surface area contributed by atoms with Gasteiger partial charge in [0.15, 0.2) is 0 Å². The fraction of sp³-hybridized carbons (Fsp3) is 0.278. The van der Waals surface area contributed by atoms with Crippen LogP contribution in [-0.4, -0.2) is 16.1 Å². The Labute approximate surface area is 140 Å². The van der Waals surface area contributed by atoms with Gasteiger partial charge in [0.1, 0.15) is 11.9 Å². The predicted molar refractivity (Wildman–Crippen MR) is 91.3 cm³/mol. The molecule has 2 unspecified atom stereocenters. The predicted octanol–water partition coefficient (Wildman–Crippen LogP) is 4.08. The molecular weight excluding hydrogens is 312 g/mol. The molecule has 120 valence electrons. The van der Waals surface area contributed by atoms with Crippen LogP contribution in [0.4, 0.5) is 0 Å². The van der Waals surface area contributed by atoms with Gasteiger partial charge in [0.2, 0.25) is 0 Å². The van der Waals surface area contributed by atoms with Crippen molar-refractivity contribution in [3.63, 3.8) is 0 Å². The maximum atomic E-state index is 10.1. The van der Waals surface area contributed by atoms with Gasteiger partial charge in [-0.05, 0) is 49.2 Å². The first kappa shape index (κ1) is 16.0. The Morgan fingerprint density at radius 1 is 1.30 bits per heavy atom. The van der Waals surface area contributed by atoms with E-state index in [4.69, 9.17) is 16.0 Å². The molecule has 0 spiro atoms. The van der Waals surface area contributed by atoms with Crippen molar-refractivity contribution in [3.8, 4) is 0 Å². The number of rotatable bonds is 6. The van der Waals surface area contributed by atoms with Crippen LogP contribution < -0.4 is 5.32 Å². The normalized spacial score (nSPS) is 14.0. The minimum absolute atomic E-state index is 0.118. The third-order valence-electron chi connectivity index (χ3n) is 3.84. The molecule has 0 aliphatic rings. The van der Waals surface area contributed by atoms with E-state index in [1.165, 1.54) is 0 Å². The molecule has 3 aromatic rings. The van der Waals surface area contributed by atoms with Gasteiger partial charge in [-0.1, -0.05) is 17.7 Å². The van der Waals surface area contributed by atoms with Crippen molar-refractivity contribution in [1.82, 2.24) is 10.3 Å². The molecule has 3 rings (SSSR count). The van der Waals surface area contributed by atoms with Crippen LogP contribution in [0.5, 0.6) is 0 Å². The van der Waals surface area contributed by atoms with E-state index in [2.05, 4.69) is 10.3 Å². The average molecular weight is 331 g/mol. The van der Waals surface area contributed by atoms with Gasteiger partial charge in [0.25, 0.3) is 0 Å². The number of benzene rings is 1. The van der Waals surface area contributed by atoms with Crippen molar-refractivity contribution in [3.05, 3.63) is 65.2 Å². The summed E-state index contributed by atoms with van der Waals surface area (Å²) in [5, 5.41) is 15.3. The number of aliphatic hydroxyl groups is 1.